The van der Waals surface area contributed by atoms with Crippen LogP contribution in [0.2, 0.25) is 0 Å². The smallest absolute Gasteiger partial charge is 0.109 e. The van der Waals surface area contributed by atoms with Crippen LogP contribution in [0.3, 0.4) is 0 Å². The molecule has 3 aromatic carbocycles. The fraction of sp³-hybridized carbons (Fsp3) is 0.367. The molecule has 0 bridgehead atoms. The van der Waals surface area contributed by atoms with E-state index in [0.29, 0.717) is 5.92 Å². The van der Waals surface area contributed by atoms with Gasteiger partial charge in [-0.15, -0.1) is 0 Å². The molecule has 2 nitrogen and oxygen atoms in total. The number of hydrogen-bond donors (Lipinski definition) is 1. The molecule has 1 N–H and O–H groups in total. The highest BCUT2D eigenvalue weighted by Gasteiger charge is 2.27. The molecule has 0 saturated carbocycles. The van der Waals surface area contributed by atoms with E-state index in [1.165, 1.54) is 55.5 Å². The van der Waals surface area contributed by atoms with Crippen LogP contribution in [0.5, 0.6) is 0 Å². The van der Waals surface area contributed by atoms with Crippen molar-refractivity contribution < 1.29 is 0 Å². The Hall–Kier alpha value is -2.87. The molecule has 0 fully saturated rings. The maximum absolute atomic E-state index is 5.00. The van der Waals surface area contributed by atoms with Gasteiger partial charge in [-0.3, -0.25) is 0 Å². The van der Waals surface area contributed by atoms with Gasteiger partial charge in [0.1, 0.15) is 5.82 Å². The summed E-state index contributed by atoms with van der Waals surface area (Å²) in [6.45, 7) is 11.3. The number of nitrogens with one attached hydrogen (secondary N) is 1. The fourth-order valence-electron chi connectivity index (χ4n) is 5.62. The van der Waals surface area contributed by atoms with Gasteiger partial charge >= 0.3 is 0 Å². The lowest BCUT2D eigenvalue weighted by atomic mass is 9.77. The fourth-order valence-corrected chi connectivity index (χ4v) is 5.62. The largest absolute Gasteiger partial charge is 0.345 e. The van der Waals surface area contributed by atoms with Crippen LogP contribution in [0.1, 0.15) is 74.3 Å². The second kappa shape index (κ2) is 6.81. The van der Waals surface area contributed by atoms with Gasteiger partial charge in [0.15, 0.2) is 0 Å². The Labute approximate surface area is 191 Å². The summed E-state index contributed by atoms with van der Waals surface area (Å²) in [6.07, 6.45) is 4.44. The number of aromatic nitrogens is 2. The zero-order valence-corrected chi connectivity index (χ0v) is 19.9. The minimum atomic E-state index is 0.177. The predicted molar refractivity (Wildman–Crippen MR) is 135 cm³/mol. The summed E-state index contributed by atoms with van der Waals surface area (Å²) in [5, 5.41) is 2.72. The molecule has 0 aliphatic heterocycles. The Balaban J connectivity index is 1.49. The van der Waals surface area contributed by atoms with Gasteiger partial charge in [-0.2, -0.15) is 0 Å². The topological polar surface area (TPSA) is 28.7 Å². The molecule has 0 spiro atoms. The molecule has 1 heterocycles. The third-order valence-corrected chi connectivity index (χ3v) is 7.52. The lowest BCUT2D eigenvalue weighted by Crippen LogP contribution is -2.13. The van der Waals surface area contributed by atoms with Crippen LogP contribution < -0.4 is 0 Å². The minimum Gasteiger partial charge on any atom is -0.345 e. The van der Waals surface area contributed by atoms with Gasteiger partial charge in [-0.25, -0.2) is 4.98 Å². The third kappa shape index (κ3) is 2.96. The van der Waals surface area contributed by atoms with Crippen molar-refractivity contribution >= 4 is 10.8 Å². The van der Waals surface area contributed by atoms with Gasteiger partial charge in [0.25, 0.3) is 0 Å². The second-order valence-corrected chi connectivity index (χ2v) is 11.0. The number of imidazole rings is 1. The normalized spacial score (nSPS) is 14.8. The van der Waals surface area contributed by atoms with E-state index in [9.17, 15) is 0 Å². The molecular weight excluding hydrogens is 388 g/mol. The Kier molecular flexibility index (Phi) is 4.21. The number of H-pyrrole nitrogens is 1. The highest BCUT2D eigenvalue weighted by Crippen LogP contribution is 2.43. The Bertz CT molecular complexity index is 1380. The first-order valence-corrected chi connectivity index (χ1v) is 12.1. The third-order valence-electron chi connectivity index (χ3n) is 7.52. The second-order valence-electron chi connectivity index (χ2n) is 11.0. The molecule has 2 aliphatic carbocycles. The van der Waals surface area contributed by atoms with Crippen molar-refractivity contribution in [2.24, 2.45) is 0 Å². The zero-order valence-electron chi connectivity index (χ0n) is 19.9. The van der Waals surface area contributed by atoms with Crippen molar-refractivity contribution in [3.63, 3.8) is 0 Å². The highest BCUT2D eigenvalue weighted by molar-refractivity contribution is 5.92. The van der Waals surface area contributed by atoms with Crippen LogP contribution in [0.15, 0.2) is 42.5 Å². The number of fused-ring (bicyclic) bond motifs is 8. The maximum Gasteiger partial charge on any atom is 0.109 e. The monoisotopic (exact) mass is 420 g/mol. The summed E-state index contributed by atoms with van der Waals surface area (Å²) >= 11 is 0. The maximum atomic E-state index is 5.00. The van der Waals surface area contributed by atoms with E-state index in [-0.39, 0.29) is 5.41 Å². The summed E-state index contributed by atoms with van der Waals surface area (Å²) < 4.78 is 0. The van der Waals surface area contributed by atoms with E-state index in [2.05, 4.69) is 82.1 Å². The molecule has 162 valence electrons. The molecule has 6 rings (SSSR count). The SMILES string of the molecule is CC(C)c1nc2c([nH]1)CCc1c-2ccc2c1CCc1cc3cc(C(C)(C)C)ccc3cc1-2. The van der Waals surface area contributed by atoms with Crippen molar-refractivity contribution in [3.8, 4) is 22.4 Å². The first kappa shape index (κ1) is 19.8. The summed E-state index contributed by atoms with van der Waals surface area (Å²) in [4.78, 5) is 8.59. The Morgan fingerprint density at radius 1 is 0.781 bits per heavy atom. The summed E-state index contributed by atoms with van der Waals surface area (Å²) in [7, 11) is 0. The van der Waals surface area contributed by atoms with Crippen molar-refractivity contribution in [1.82, 2.24) is 9.97 Å². The van der Waals surface area contributed by atoms with Crippen LogP contribution in [0.4, 0.5) is 0 Å². The molecular formula is C30H32N2. The molecule has 4 aromatic rings. The highest BCUT2D eigenvalue weighted by atomic mass is 14.9. The lowest BCUT2D eigenvalue weighted by Gasteiger charge is -2.27. The van der Waals surface area contributed by atoms with E-state index in [1.54, 1.807) is 5.56 Å². The molecule has 1 aromatic heterocycles. The van der Waals surface area contributed by atoms with Crippen LogP contribution in [0, 0.1) is 0 Å². The van der Waals surface area contributed by atoms with Crippen molar-refractivity contribution in [2.75, 3.05) is 0 Å². The molecule has 0 saturated heterocycles. The number of benzene rings is 3. The number of aryl methyl sites for hydroxylation is 2. The van der Waals surface area contributed by atoms with Gasteiger partial charge in [0.05, 0.1) is 5.69 Å². The average molecular weight is 421 g/mol. The van der Waals surface area contributed by atoms with Gasteiger partial charge in [-0.1, -0.05) is 71.0 Å². The lowest BCUT2D eigenvalue weighted by molar-refractivity contribution is 0.591. The first-order chi connectivity index (χ1) is 15.3. The van der Waals surface area contributed by atoms with Crippen LogP contribution in [-0.2, 0) is 31.1 Å². The van der Waals surface area contributed by atoms with Crippen LogP contribution in [-0.4, -0.2) is 9.97 Å². The van der Waals surface area contributed by atoms with Crippen LogP contribution >= 0.6 is 0 Å². The average Bonchev–Trinajstić information content (AvgIpc) is 3.21. The van der Waals surface area contributed by atoms with Gasteiger partial charge in [0, 0.05) is 17.2 Å². The quantitative estimate of drug-likeness (QED) is 0.339. The summed E-state index contributed by atoms with van der Waals surface area (Å²) in [6, 6.07) is 16.6. The molecule has 2 heteroatoms. The first-order valence-electron chi connectivity index (χ1n) is 12.1. The van der Waals surface area contributed by atoms with Crippen molar-refractivity contribution in [3.05, 3.63) is 76.2 Å². The standard InChI is InChI=1S/C30H32N2/c1-17(2)29-31-27-13-12-23-22-9-7-19-14-20-15-21(30(3,4)5)8-6-18(20)16-26(19)24(22)10-11-25(23)28(27)32-29/h6,8,10-11,14-17H,7,9,12-13H2,1-5H3,(H,31,32). The number of rotatable bonds is 1. The van der Waals surface area contributed by atoms with Crippen molar-refractivity contribution in [2.45, 2.75) is 71.6 Å². The molecule has 0 amide bonds. The number of hydrogen-bond acceptors (Lipinski definition) is 1. The molecule has 0 atom stereocenters. The minimum absolute atomic E-state index is 0.177. The molecule has 2 aliphatic rings. The van der Waals surface area contributed by atoms with E-state index in [4.69, 9.17) is 4.98 Å². The Morgan fingerprint density at radius 2 is 1.53 bits per heavy atom. The van der Waals surface area contributed by atoms with Gasteiger partial charge in [-0.05, 0) is 81.3 Å². The summed E-state index contributed by atoms with van der Waals surface area (Å²) in [5.74, 6) is 1.55. The Morgan fingerprint density at radius 3 is 2.31 bits per heavy atom. The van der Waals surface area contributed by atoms with Crippen molar-refractivity contribution in [1.29, 1.82) is 0 Å². The number of aromatic amines is 1. The van der Waals surface area contributed by atoms with Gasteiger partial charge < -0.3 is 4.98 Å². The summed E-state index contributed by atoms with van der Waals surface area (Å²) in [5.41, 5.74) is 12.9. The molecule has 32 heavy (non-hydrogen) atoms. The number of nitrogens with zero attached hydrogens (tertiary/aromatic N) is 1. The predicted octanol–water partition coefficient (Wildman–Crippen LogP) is 7.52. The van der Waals surface area contributed by atoms with E-state index in [1.807, 2.05) is 0 Å². The van der Waals surface area contributed by atoms with E-state index < -0.39 is 0 Å². The van der Waals surface area contributed by atoms with E-state index >= 15 is 0 Å². The van der Waals surface area contributed by atoms with Gasteiger partial charge in [0.2, 0.25) is 0 Å². The van der Waals surface area contributed by atoms with Crippen LogP contribution in [0.25, 0.3) is 33.2 Å². The molecule has 0 radical (unpaired) electrons. The molecule has 0 unspecified atom stereocenters. The zero-order chi connectivity index (χ0) is 22.2. The van der Waals surface area contributed by atoms with E-state index in [0.717, 1.165) is 31.5 Å².